The largest absolute Gasteiger partial charge is 0.300 e. The van der Waals surface area contributed by atoms with E-state index < -0.39 is 0 Å². The highest BCUT2D eigenvalue weighted by Gasteiger charge is 2.30. The van der Waals surface area contributed by atoms with Gasteiger partial charge in [-0.15, -0.1) is 10.2 Å². The van der Waals surface area contributed by atoms with Crippen molar-refractivity contribution < 1.29 is 4.79 Å². The summed E-state index contributed by atoms with van der Waals surface area (Å²) in [6, 6.07) is -0.167. The third-order valence-corrected chi connectivity index (χ3v) is 6.46. The van der Waals surface area contributed by atoms with Gasteiger partial charge in [0, 0.05) is 29.3 Å². The van der Waals surface area contributed by atoms with Gasteiger partial charge in [0.05, 0.1) is 6.04 Å². The summed E-state index contributed by atoms with van der Waals surface area (Å²) in [7, 11) is 0. The zero-order valence-electron chi connectivity index (χ0n) is 13.4. The summed E-state index contributed by atoms with van der Waals surface area (Å²) in [5.74, 6) is 1.07. The van der Waals surface area contributed by atoms with Crippen LogP contribution in [0.4, 0.5) is 5.13 Å². The van der Waals surface area contributed by atoms with Gasteiger partial charge < -0.3 is 5.32 Å². The molecule has 1 saturated carbocycles. The van der Waals surface area contributed by atoms with Gasteiger partial charge in [-0.25, -0.2) is 4.98 Å². The van der Waals surface area contributed by atoms with Crippen molar-refractivity contribution in [1.29, 1.82) is 0 Å². The molecule has 1 aliphatic carbocycles. The van der Waals surface area contributed by atoms with E-state index in [4.69, 9.17) is 0 Å². The lowest BCUT2D eigenvalue weighted by atomic mass is 10.2. The van der Waals surface area contributed by atoms with Gasteiger partial charge in [0.15, 0.2) is 5.16 Å². The fraction of sp³-hybridized carbons (Fsp3) is 0.533. The lowest BCUT2D eigenvalue weighted by molar-refractivity contribution is -0.116. The number of nitrogens with zero attached hydrogens (tertiary/aromatic N) is 4. The summed E-state index contributed by atoms with van der Waals surface area (Å²) >= 11 is 2.97. The number of carbonyl (C=O) groups is 1. The Kier molecular flexibility index (Phi) is 3.92. The van der Waals surface area contributed by atoms with Crippen molar-refractivity contribution in [2.45, 2.75) is 50.2 Å². The number of carbonyl (C=O) groups excluding carboxylic acids is 1. The fourth-order valence-electron chi connectivity index (χ4n) is 2.69. The molecule has 126 valence electrons. The van der Waals surface area contributed by atoms with Gasteiger partial charge in [0.25, 0.3) is 5.56 Å². The second-order valence-electron chi connectivity index (χ2n) is 6.22. The van der Waals surface area contributed by atoms with Gasteiger partial charge in [-0.2, -0.15) is 0 Å². The lowest BCUT2D eigenvalue weighted by Gasteiger charge is -2.13. The molecule has 1 fully saturated rings. The van der Waals surface area contributed by atoms with Crippen LogP contribution in [-0.4, -0.2) is 31.4 Å². The summed E-state index contributed by atoms with van der Waals surface area (Å²) in [4.78, 5) is 29.3. The van der Waals surface area contributed by atoms with E-state index in [1.807, 2.05) is 6.92 Å². The summed E-state index contributed by atoms with van der Waals surface area (Å²) < 4.78 is 1.66. The molecular formula is C15H17N5O2S2. The van der Waals surface area contributed by atoms with Crippen LogP contribution >= 0.6 is 23.1 Å². The maximum Gasteiger partial charge on any atom is 0.257 e. The highest BCUT2D eigenvalue weighted by Crippen LogP contribution is 2.42. The first-order valence-corrected chi connectivity index (χ1v) is 9.69. The van der Waals surface area contributed by atoms with E-state index in [9.17, 15) is 9.59 Å². The molecule has 0 aromatic carbocycles. The number of nitrogens with one attached hydrogen (secondary N) is 1. The van der Waals surface area contributed by atoms with Crippen LogP contribution in [0.15, 0.2) is 9.95 Å². The van der Waals surface area contributed by atoms with Gasteiger partial charge in [0.2, 0.25) is 11.0 Å². The topological polar surface area (TPSA) is 89.8 Å². The number of hydrogen-bond donors (Lipinski definition) is 1. The normalized spacial score (nSPS) is 19.3. The fourth-order valence-corrected chi connectivity index (χ4v) is 4.80. The molecule has 9 heteroatoms. The third kappa shape index (κ3) is 2.86. The number of amides is 1. The maximum atomic E-state index is 12.5. The third-order valence-electron chi connectivity index (χ3n) is 4.36. The first-order chi connectivity index (χ1) is 11.5. The van der Waals surface area contributed by atoms with Gasteiger partial charge in [-0.05, 0) is 26.7 Å². The minimum Gasteiger partial charge on any atom is -0.300 e. The monoisotopic (exact) mass is 363 g/mol. The van der Waals surface area contributed by atoms with Crippen molar-refractivity contribution in [3.8, 4) is 0 Å². The Morgan fingerprint density at radius 2 is 2.12 bits per heavy atom. The molecule has 1 amide bonds. The minimum atomic E-state index is -0.167. The number of aromatic nitrogens is 4. The molecule has 7 nitrogen and oxygen atoms in total. The van der Waals surface area contributed by atoms with Crippen LogP contribution in [0, 0.1) is 13.8 Å². The van der Waals surface area contributed by atoms with Crippen molar-refractivity contribution in [2.75, 3.05) is 11.1 Å². The second-order valence-corrected chi connectivity index (χ2v) is 8.21. The van der Waals surface area contributed by atoms with Crippen LogP contribution in [0.3, 0.4) is 0 Å². The van der Waals surface area contributed by atoms with E-state index in [0.717, 1.165) is 23.5 Å². The SMILES string of the molecule is Cc1nc2n(c(=O)c1C)C(CC(=O)Nc1nnc(C3CC3)s1)CS2. The molecule has 2 aliphatic rings. The van der Waals surface area contributed by atoms with Crippen molar-refractivity contribution in [3.63, 3.8) is 0 Å². The van der Waals surface area contributed by atoms with Crippen LogP contribution in [0.2, 0.25) is 0 Å². The minimum absolute atomic E-state index is 0.0489. The Bertz CT molecular complexity index is 871. The van der Waals surface area contributed by atoms with Crippen LogP contribution in [0.5, 0.6) is 0 Å². The quantitative estimate of drug-likeness (QED) is 0.838. The Morgan fingerprint density at radius 1 is 1.33 bits per heavy atom. The molecule has 0 saturated heterocycles. The van der Waals surface area contributed by atoms with E-state index in [2.05, 4.69) is 20.5 Å². The number of aryl methyl sites for hydroxylation is 1. The van der Waals surface area contributed by atoms with Gasteiger partial charge >= 0.3 is 0 Å². The molecule has 0 spiro atoms. The van der Waals surface area contributed by atoms with Crippen molar-refractivity contribution >= 4 is 34.1 Å². The predicted octanol–water partition coefficient (Wildman–Crippen LogP) is 2.26. The Morgan fingerprint density at radius 3 is 2.88 bits per heavy atom. The first-order valence-electron chi connectivity index (χ1n) is 7.88. The molecule has 2 aromatic rings. The average molecular weight is 363 g/mol. The number of hydrogen-bond acceptors (Lipinski definition) is 7. The number of anilines is 1. The molecule has 4 rings (SSSR count). The van der Waals surface area contributed by atoms with Crippen molar-refractivity contribution in [1.82, 2.24) is 19.7 Å². The molecule has 1 unspecified atom stereocenters. The van der Waals surface area contributed by atoms with Crippen LogP contribution < -0.4 is 10.9 Å². The molecule has 1 aliphatic heterocycles. The van der Waals surface area contributed by atoms with Crippen LogP contribution in [-0.2, 0) is 4.79 Å². The van der Waals surface area contributed by atoms with E-state index in [1.54, 1.807) is 11.5 Å². The maximum absolute atomic E-state index is 12.5. The highest BCUT2D eigenvalue weighted by atomic mass is 32.2. The van der Waals surface area contributed by atoms with Gasteiger partial charge in [-0.1, -0.05) is 23.1 Å². The Hall–Kier alpha value is -1.74. The number of fused-ring (bicyclic) bond motifs is 1. The van der Waals surface area contributed by atoms with Crippen LogP contribution in [0.25, 0.3) is 0 Å². The predicted molar refractivity (Wildman–Crippen MR) is 92.9 cm³/mol. The van der Waals surface area contributed by atoms with Crippen LogP contribution in [0.1, 0.15) is 47.5 Å². The van der Waals surface area contributed by atoms with Crippen molar-refractivity contribution in [3.05, 3.63) is 26.6 Å². The zero-order chi connectivity index (χ0) is 16.8. The Balaban J connectivity index is 1.47. The standard InChI is InChI=1S/C15H17N5O2S2/c1-7-8(2)16-15-20(13(7)22)10(6-23-15)5-11(21)17-14-19-18-12(24-14)9-3-4-9/h9-10H,3-6H2,1-2H3,(H,17,19,21). The van der Waals surface area contributed by atoms with Gasteiger partial charge in [0.1, 0.15) is 5.01 Å². The van der Waals surface area contributed by atoms with E-state index in [0.29, 0.717) is 27.5 Å². The molecule has 0 bridgehead atoms. The lowest BCUT2D eigenvalue weighted by Crippen LogP contribution is -2.29. The molecular weight excluding hydrogens is 346 g/mol. The van der Waals surface area contributed by atoms with Gasteiger partial charge in [-0.3, -0.25) is 14.2 Å². The van der Waals surface area contributed by atoms with Crippen molar-refractivity contribution in [2.24, 2.45) is 0 Å². The zero-order valence-corrected chi connectivity index (χ0v) is 15.0. The number of rotatable bonds is 4. The smallest absolute Gasteiger partial charge is 0.257 e. The van der Waals surface area contributed by atoms with E-state index >= 15 is 0 Å². The van der Waals surface area contributed by atoms with E-state index in [1.165, 1.54) is 23.1 Å². The molecule has 3 heterocycles. The summed E-state index contributed by atoms with van der Waals surface area (Å²) in [6.45, 7) is 3.61. The second kappa shape index (κ2) is 5.96. The average Bonchev–Trinajstić information content (AvgIpc) is 3.18. The molecule has 1 atom stereocenters. The van der Waals surface area contributed by atoms with E-state index in [-0.39, 0.29) is 23.9 Å². The molecule has 0 radical (unpaired) electrons. The number of thioether (sulfide) groups is 1. The highest BCUT2D eigenvalue weighted by molar-refractivity contribution is 7.99. The summed E-state index contributed by atoms with van der Waals surface area (Å²) in [5.41, 5.74) is 1.35. The summed E-state index contributed by atoms with van der Waals surface area (Å²) in [6.07, 6.45) is 2.56. The molecule has 24 heavy (non-hydrogen) atoms. The molecule has 2 aromatic heterocycles. The summed E-state index contributed by atoms with van der Waals surface area (Å²) in [5, 5.41) is 13.2. The molecule has 1 N–H and O–H groups in total. The first kappa shape index (κ1) is 15.8. The Labute approximate surface area is 146 Å².